The third-order valence-corrected chi connectivity index (χ3v) is 3.50. The number of nitrogens with one attached hydrogen (secondary N) is 1. The van der Waals surface area contributed by atoms with Gasteiger partial charge in [0.1, 0.15) is 11.8 Å². The van der Waals surface area contributed by atoms with E-state index in [1.165, 1.54) is 5.56 Å². The second-order valence-electron chi connectivity index (χ2n) is 4.47. The molecule has 0 unspecified atom stereocenters. The number of anilines is 1. The highest BCUT2D eigenvalue weighted by molar-refractivity contribution is 9.10. The molecule has 102 valence electrons. The maximum absolute atomic E-state index is 9.15. The van der Waals surface area contributed by atoms with Crippen molar-refractivity contribution in [3.05, 3.63) is 57.6 Å². The quantitative estimate of drug-likeness (QED) is 0.911. The Labute approximate surface area is 127 Å². The van der Waals surface area contributed by atoms with Crippen LogP contribution in [0.15, 0.2) is 40.9 Å². The molecule has 0 heterocycles. The van der Waals surface area contributed by atoms with Crippen LogP contribution in [0.4, 0.5) is 5.69 Å². The molecule has 0 spiro atoms. The molecule has 2 rings (SSSR count). The molecule has 0 bridgehead atoms. The van der Waals surface area contributed by atoms with E-state index in [4.69, 9.17) is 10.00 Å². The Kier molecular flexibility index (Phi) is 4.65. The van der Waals surface area contributed by atoms with Gasteiger partial charge in [-0.05, 0) is 31.2 Å². The maximum atomic E-state index is 9.15. The van der Waals surface area contributed by atoms with Gasteiger partial charge in [0.25, 0.3) is 0 Å². The van der Waals surface area contributed by atoms with Gasteiger partial charge in [-0.2, -0.15) is 5.26 Å². The smallest absolute Gasteiger partial charge is 0.123 e. The Morgan fingerprint density at radius 1 is 1.25 bits per heavy atom. The lowest BCUT2D eigenvalue weighted by Crippen LogP contribution is -2.03. The van der Waals surface area contributed by atoms with Crippen molar-refractivity contribution in [1.82, 2.24) is 0 Å². The molecule has 0 fully saturated rings. The van der Waals surface area contributed by atoms with E-state index in [0.29, 0.717) is 12.1 Å². The Bertz CT molecular complexity index is 662. The van der Waals surface area contributed by atoms with E-state index in [0.717, 1.165) is 21.5 Å². The first kappa shape index (κ1) is 14.4. The summed E-state index contributed by atoms with van der Waals surface area (Å²) in [6.07, 6.45) is 0. The van der Waals surface area contributed by atoms with Crippen LogP contribution < -0.4 is 10.1 Å². The van der Waals surface area contributed by atoms with Crippen molar-refractivity contribution in [2.45, 2.75) is 13.5 Å². The van der Waals surface area contributed by atoms with Crippen molar-refractivity contribution in [2.75, 3.05) is 12.4 Å². The molecule has 1 N–H and O–H groups in total. The average molecular weight is 331 g/mol. The lowest BCUT2D eigenvalue weighted by Gasteiger charge is -2.12. The molecule has 3 nitrogen and oxygen atoms in total. The average Bonchev–Trinajstić information content (AvgIpc) is 2.46. The number of ether oxygens (including phenoxy) is 1. The summed E-state index contributed by atoms with van der Waals surface area (Å²) in [7, 11) is 1.66. The molecule has 2 aromatic rings. The predicted octanol–water partition coefficient (Wildman–Crippen LogP) is 4.25. The molecule has 0 aliphatic carbocycles. The van der Waals surface area contributed by atoms with Crippen LogP contribution in [0.3, 0.4) is 0 Å². The van der Waals surface area contributed by atoms with Crippen molar-refractivity contribution in [3.8, 4) is 11.8 Å². The molecule has 0 amide bonds. The summed E-state index contributed by atoms with van der Waals surface area (Å²) in [5.74, 6) is 0.846. The van der Waals surface area contributed by atoms with Gasteiger partial charge in [0, 0.05) is 16.6 Å². The van der Waals surface area contributed by atoms with E-state index in [1.807, 2.05) is 31.2 Å². The number of rotatable bonds is 4. The molecule has 0 atom stereocenters. The lowest BCUT2D eigenvalue weighted by atomic mass is 10.1. The molecular formula is C16H15BrN2O. The summed E-state index contributed by atoms with van der Waals surface area (Å²) in [5, 5.41) is 12.4. The van der Waals surface area contributed by atoms with Gasteiger partial charge in [0.05, 0.1) is 18.4 Å². The Morgan fingerprint density at radius 3 is 2.75 bits per heavy atom. The SMILES string of the molecule is COc1ccc(C)cc1CNc1ccc(Br)cc1C#N. The fourth-order valence-electron chi connectivity index (χ4n) is 2.00. The number of aryl methyl sites for hydroxylation is 1. The van der Waals surface area contributed by atoms with Gasteiger partial charge in [-0.3, -0.25) is 0 Å². The summed E-state index contributed by atoms with van der Waals surface area (Å²) in [5.41, 5.74) is 3.68. The minimum absolute atomic E-state index is 0.612. The third kappa shape index (κ3) is 3.31. The van der Waals surface area contributed by atoms with Crippen molar-refractivity contribution >= 4 is 21.6 Å². The molecule has 0 aromatic heterocycles. The Hall–Kier alpha value is -1.99. The van der Waals surface area contributed by atoms with Gasteiger partial charge in [-0.25, -0.2) is 0 Å². The normalized spacial score (nSPS) is 9.90. The van der Waals surface area contributed by atoms with Gasteiger partial charge in [0.2, 0.25) is 0 Å². The van der Waals surface area contributed by atoms with Gasteiger partial charge < -0.3 is 10.1 Å². The molecule has 0 saturated heterocycles. The van der Waals surface area contributed by atoms with Crippen LogP contribution in [-0.4, -0.2) is 7.11 Å². The van der Waals surface area contributed by atoms with E-state index in [9.17, 15) is 0 Å². The van der Waals surface area contributed by atoms with Crippen molar-refractivity contribution < 1.29 is 4.74 Å². The molecule has 0 saturated carbocycles. The molecule has 0 radical (unpaired) electrons. The summed E-state index contributed by atoms with van der Waals surface area (Å²) in [6, 6.07) is 13.9. The van der Waals surface area contributed by atoms with Crippen molar-refractivity contribution in [2.24, 2.45) is 0 Å². The second kappa shape index (κ2) is 6.44. The largest absolute Gasteiger partial charge is 0.496 e. The van der Waals surface area contributed by atoms with Gasteiger partial charge in [0.15, 0.2) is 0 Å². The molecule has 20 heavy (non-hydrogen) atoms. The van der Waals surface area contributed by atoms with E-state index in [-0.39, 0.29) is 0 Å². The topological polar surface area (TPSA) is 45.0 Å². The number of methoxy groups -OCH3 is 1. The molecule has 4 heteroatoms. The van der Waals surface area contributed by atoms with Crippen molar-refractivity contribution in [3.63, 3.8) is 0 Å². The zero-order valence-corrected chi connectivity index (χ0v) is 13.0. The molecule has 0 aliphatic heterocycles. The van der Waals surface area contributed by atoms with Crippen molar-refractivity contribution in [1.29, 1.82) is 5.26 Å². The monoisotopic (exact) mass is 330 g/mol. The van der Waals surface area contributed by atoms with Crippen LogP contribution in [0, 0.1) is 18.3 Å². The van der Waals surface area contributed by atoms with Gasteiger partial charge in [-0.1, -0.05) is 33.6 Å². The number of nitriles is 1. The predicted molar refractivity (Wildman–Crippen MR) is 83.9 cm³/mol. The lowest BCUT2D eigenvalue weighted by molar-refractivity contribution is 0.410. The van der Waals surface area contributed by atoms with Crippen LogP contribution >= 0.6 is 15.9 Å². The van der Waals surface area contributed by atoms with Crippen LogP contribution in [0.2, 0.25) is 0 Å². The maximum Gasteiger partial charge on any atom is 0.123 e. The number of nitrogens with zero attached hydrogens (tertiary/aromatic N) is 1. The first-order chi connectivity index (χ1) is 9.63. The molecular weight excluding hydrogens is 316 g/mol. The number of hydrogen-bond donors (Lipinski definition) is 1. The highest BCUT2D eigenvalue weighted by atomic mass is 79.9. The fourth-order valence-corrected chi connectivity index (χ4v) is 2.36. The van der Waals surface area contributed by atoms with Crippen LogP contribution in [0.25, 0.3) is 0 Å². The van der Waals surface area contributed by atoms with E-state index in [2.05, 4.69) is 33.4 Å². The zero-order valence-electron chi connectivity index (χ0n) is 11.4. The van der Waals surface area contributed by atoms with Crippen LogP contribution in [0.1, 0.15) is 16.7 Å². The van der Waals surface area contributed by atoms with Gasteiger partial charge >= 0.3 is 0 Å². The first-order valence-electron chi connectivity index (χ1n) is 6.21. The highest BCUT2D eigenvalue weighted by Crippen LogP contribution is 2.24. The summed E-state index contributed by atoms with van der Waals surface area (Å²) in [4.78, 5) is 0. The van der Waals surface area contributed by atoms with Crippen LogP contribution in [0.5, 0.6) is 5.75 Å². The van der Waals surface area contributed by atoms with E-state index < -0.39 is 0 Å². The zero-order chi connectivity index (χ0) is 14.5. The summed E-state index contributed by atoms with van der Waals surface area (Å²) >= 11 is 3.37. The standard InChI is InChI=1S/C16H15BrN2O/c1-11-3-6-16(20-2)13(7-11)10-19-15-5-4-14(17)8-12(15)9-18/h3-8,19H,10H2,1-2H3. The fraction of sp³-hybridized carbons (Fsp3) is 0.188. The minimum Gasteiger partial charge on any atom is -0.496 e. The summed E-state index contributed by atoms with van der Waals surface area (Å²) in [6.45, 7) is 2.66. The number of hydrogen-bond acceptors (Lipinski definition) is 3. The third-order valence-electron chi connectivity index (χ3n) is 3.01. The second-order valence-corrected chi connectivity index (χ2v) is 5.39. The molecule has 2 aromatic carbocycles. The van der Waals surface area contributed by atoms with Crippen LogP contribution in [-0.2, 0) is 6.54 Å². The highest BCUT2D eigenvalue weighted by Gasteiger charge is 2.06. The number of benzene rings is 2. The Morgan fingerprint density at radius 2 is 2.05 bits per heavy atom. The minimum atomic E-state index is 0.612. The summed E-state index contributed by atoms with van der Waals surface area (Å²) < 4.78 is 6.25. The molecule has 0 aliphatic rings. The number of halogens is 1. The Balaban J connectivity index is 2.21. The van der Waals surface area contributed by atoms with E-state index >= 15 is 0 Å². The van der Waals surface area contributed by atoms with Gasteiger partial charge in [-0.15, -0.1) is 0 Å². The first-order valence-corrected chi connectivity index (χ1v) is 7.00. The van der Waals surface area contributed by atoms with E-state index in [1.54, 1.807) is 13.2 Å².